The summed E-state index contributed by atoms with van der Waals surface area (Å²) in [6.07, 6.45) is 2.10. The summed E-state index contributed by atoms with van der Waals surface area (Å²) in [5.74, 6) is -8.00. The fraction of sp³-hybridized carbons (Fsp3) is 0.268. The van der Waals surface area contributed by atoms with Crippen molar-refractivity contribution in [1.29, 1.82) is 0 Å². The minimum Gasteiger partial charge on any atom is -0.508 e. The molecule has 3 N–H and O–H groups in total. The molecule has 1 saturated carbocycles. The van der Waals surface area contributed by atoms with Crippen molar-refractivity contribution >= 4 is 90.1 Å². The molecule has 4 aliphatic rings. The number of carbonyl (C=O) groups is 5. The number of aromatic hydroxyl groups is 2. The molecule has 56 heavy (non-hydrogen) atoms. The van der Waals surface area contributed by atoms with Gasteiger partial charge in [-0.25, -0.2) is 14.6 Å². The molecule has 3 fully saturated rings. The minimum atomic E-state index is -1.41. The van der Waals surface area contributed by atoms with Crippen molar-refractivity contribution < 1.29 is 39.3 Å². The summed E-state index contributed by atoms with van der Waals surface area (Å²) in [5.41, 5.74) is 0.860. The molecule has 9 rings (SSSR count). The molecule has 12 nitrogen and oxygen atoms in total. The summed E-state index contributed by atoms with van der Waals surface area (Å²) >= 11 is 11.3. The topological polar surface area (TPSA) is 170 Å². The number of anilines is 2. The Morgan fingerprint density at radius 1 is 0.946 bits per heavy atom. The number of nitrogens with zero attached hydrogens (tertiary/aromatic N) is 4. The van der Waals surface area contributed by atoms with Crippen LogP contribution in [0.15, 0.2) is 76.8 Å². The average molecular weight is 856 g/mol. The molecular formula is C41H32BrClN4O8S. The highest BCUT2D eigenvalue weighted by Crippen LogP contribution is 2.64. The number of aryl methyl sites for hydroxylation is 2. The molecule has 0 unspecified atom stereocenters. The van der Waals surface area contributed by atoms with Crippen molar-refractivity contribution in [2.45, 2.75) is 32.6 Å². The van der Waals surface area contributed by atoms with Crippen LogP contribution >= 0.6 is 38.9 Å². The summed E-state index contributed by atoms with van der Waals surface area (Å²) < 4.78 is 3.16. The van der Waals surface area contributed by atoms with E-state index in [2.05, 4.69) is 15.9 Å². The number of aromatic carboxylic acids is 1. The van der Waals surface area contributed by atoms with Crippen LogP contribution in [0.2, 0.25) is 5.02 Å². The number of rotatable bonds is 5. The van der Waals surface area contributed by atoms with Gasteiger partial charge >= 0.3 is 5.97 Å². The standard InChI is InChI=1S/C41H32BrClN4O8S/c1-17-24-13-19(43)5-11-31(24)56-35(17)28-16-32(45(3)44-28)47-37(51)27-15-25-21(34(41(27,2)40(47)55)26-12-18(42)4-10-29(26)48)8-9-23-33(25)38(52)46(36(23)50)20-6-7-22(39(53)54)30(49)14-20/h4-8,10-14,16,23,25,27,33-34,48-49H,9,15H2,1-3H3,(H,53,54)/t23-,25+,27-,33-,34+,41+/m0/s1. The van der Waals surface area contributed by atoms with E-state index in [1.165, 1.54) is 33.1 Å². The minimum absolute atomic E-state index is 0.0301. The van der Waals surface area contributed by atoms with Gasteiger partial charge in [-0.2, -0.15) is 5.10 Å². The van der Waals surface area contributed by atoms with Crippen LogP contribution < -0.4 is 9.80 Å². The molecule has 0 spiro atoms. The molecule has 4 heterocycles. The van der Waals surface area contributed by atoms with Gasteiger partial charge in [0.2, 0.25) is 23.6 Å². The molecule has 2 aliphatic carbocycles. The van der Waals surface area contributed by atoms with Crippen LogP contribution in [0.4, 0.5) is 11.5 Å². The summed E-state index contributed by atoms with van der Waals surface area (Å²) in [6.45, 7) is 3.71. The zero-order chi connectivity index (χ0) is 39.7. The zero-order valence-electron chi connectivity index (χ0n) is 30.0. The number of aromatic nitrogens is 2. The third-order valence-electron chi connectivity index (χ3n) is 12.3. The molecule has 2 saturated heterocycles. The van der Waals surface area contributed by atoms with Crippen LogP contribution in [0.3, 0.4) is 0 Å². The van der Waals surface area contributed by atoms with Gasteiger partial charge < -0.3 is 15.3 Å². The molecule has 4 amide bonds. The highest BCUT2D eigenvalue weighted by Gasteiger charge is 2.68. The maximum Gasteiger partial charge on any atom is 0.339 e. The van der Waals surface area contributed by atoms with Crippen LogP contribution in [0.25, 0.3) is 20.7 Å². The van der Waals surface area contributed by atoms with Gasteiger partial charge in [0.25, 0.3) is 0 Å². The Hall–Kier alpha value is -5.31. The van der Waals surface area contributed by atoms with Crippen LogP contribution in [-0.4, -0.2) is 54.7 Å². The number of allylic oxidation sites excluding steroid dienone is 2. The van der Waals surface area contributed by atoms with Crippen LogP contribution in [-0.2, 0) is 26.2 Å². The monoisotopic (exact) mass is 854 g/mol. The normalized spacial score (nSPS) is 25.8. The number of halogens is 2. The van der Waals surface area contributed by atoms with E-state index >= 15 is 4.79 Å². The first-order chi connectivity index (χ1) is 26.6. The first kappa shape index (κ1) is 36.3. The molecule has 3 aromatic carbocycles. The number of phenolic OH excluding ortho intramolecular Hbond substituents is 1. The number of fused-ring (bicyclic) bond motifs is 5. The SMILES string of the molecule is Cc1c(-c2cc(N3C(=O)[C@@H]4C[C@@H]5C(=CC[C@@H]6C(=O)N(c7ccc(C(=O)O)c(O)c7)C(=O)[C@@H]65)[C@H](c5cc(Br)ccc5O)[C@]4(C)C3=O)n(C)n2)sc2ccc(Cl)cc12. The molecule has 5 aromatic rings. The van der Waals surface area contributed by atoms with Crippen LogP contribution in [0.1, 0.15) is 47.2 Å². The van der Waals surface area contributed by atoms with Crippen LogP contribution in [0.5, 0.6) is 11.5 Å². The number of hydrogen-bond donors (Lipinski definition) is 3. The van der Waals surface area contributed by atoms with Crippen LogP contribution in [0, 0.1) is 36.0 Å². The Morgan fingerprint density at radius 2 is 1.71 bits per heavy atom. The lowest BCUT2D eigenvalue weighted by Crippen LogP contribution is -2.49. The molecule has 15 heteroatoms. The van der Waals surface area contributed by atoms with Crippen molar-refractivity contribution in [3.63, 3.8) is 0 Å². The Morgan fingerprint density at radius 3 is 2.45 bits per heavy atom. The number of imide groups is 2. The van der Waals surface area contributed by atoms with Gasteiger partial charge in [-0.05, 0) is 92.1 Å². The van der Waals surface area contributed by atoms with E-state index in [0.29, 0.717) is 26.3 Å². The molecule has 284 valence electrons. The van der Waals surface area contributed by atoms with E-state index in [9.17, 15) is 34.5 Å². The first-order valence-electron chi connectivity index (χ1n) is 17.9. The second-order valence-corrected chi connectivity index (χ2v) is 17.5. The second kappa shape index (κ2) is 12.6. The fourth-order valence-corrected chi connectivity index (χ4v) is 11.3. The van der Waals surface area contributed by atoms with Crippen molar-refractivity contribution in [2.75, 3.05) is 9.80 Å². The maximum atomic E-state index is 15.1. The van der Waals surface area contributed by atoms with Crippen molar-refractivity contribution in [2.24, 2.45) is 36.1 Å². The number of phenols is 2. The number of carboxylic acids is 1. The van der Waals surface area contributed by atoms with E-state index in [4.69, 9.17) is 16.7 Å². The Kier molecular flexibility index (Phi) is 8.18. The number of carbonyl (C=O) groups excluding carboxylic acids is 4. The predicted octanol–water partition coefficient (Wildman–Crippen LogP) is 7.57. The fourth-order valence-electron chi connectivity index (χ4n) is 9.64. The van der Waals surface area contributed by atoms with Crippen molar-refractivity contribution in [1.82, 2.24) is 9.78 Å². The molecule has 2 aromatic heterocycles. The van der Waals surface area contributed by atoms with E-state index in [-0.39, 0.29) is 35.7 Å². The second-order valence-electron chi connectivity index (χ2n) is 15.1. The highest BCUT2D eigenvalue weighted by atomic mass is 79.9. The lowest BCUT2D eigenvalue weighted by molar-refractivity contribution is -0.131. The number of carboxylic acid groups (broad SMARTS) is 1. The van der Waals surface area contributed by atoms with Gasteiger partial charge in [0.15, 0.2) is 0 Å². The lowest BCUT2D eigenvalue weighted by Gasteiger charge is -2.49. The molecule has 0 bridgehead atoms. The van der Waals surface area contributed by atoms with E-state index in [1.54, 1.807) is 32.2 Å². The zero-order valence-corrected chi connectivity index (χ0v) is 33.1. The molecular weight excluding hydrogens is 824 g/mol. The quantitative estimate of drug-likeness (QED) is 0.119. The van der Waals surface area contributed by atoms with E-state index < -0.39 is 70.4 Å². The summed E-state index contributed by atoms with van der Waals surface area (Å²) in [7, 11) is 1.67. The van der Waals surface area contributed by atoms with Gasteiger partial charge in [0.1, 0.15) is 28.6 Å². The number of amides is 4. The predicted molar refractivity (Wildman–Crippen MR) is 212 cm³/mol. The van der Waals surface area contributed by atoms with Gasteiger partial charge in [-0.3, -0.25) is 23.9 Å². The van der Waals surface area contributed by atoms with Gasteiger partial charge in [-0.15, -0.1) is 11.3 Å². The Bertz CT molecular complexity index is 2670. The third-order valence-corrected chi connectivity index (χ3v) is 14.3. The first-order valence-corrected chi connectivity index (χ1v) is 19.8. The summed E-state index contributed by atoms with van der Waals surface area (Å²) in [6, 6.07) is 15.8. The van der Waals surface area contributed by atoms with Crippen molar-refractivity contribution in [3.8, 4) is 22.1 Å². The Balaban J connectivity index is 1.15. The largest absolute Gasteiger partial charge is 0.508 e. The van der Waals surface area contributed by atoms with Crippen molar-refractivity contribution in [3.05, 3.63) is 98.5 Å². The summed E-state index contributed by atoms with van der Waals surface area (Å²) in [4.78, 5) is 73.0. The maximum absolute atomic E-state index is 15.1. The van der Waals surface area contributed by atoms with Gasteiger partial charge in [-0.1, -0.05) is 39.2 Å². The molecule has 2 aliphatic heterocycles. The highest BCUT2D eigenvalue weighted by molar-refractivity contribution is 9.10. The number of hydrogen-bond acceptors (Lipinski definition) is 9. The summed E-state index contributed by atoms with van der Waals surface area (Å²) in [5, 5.41) is 37.6. The smallest absolute Gasteiger partial charge is 0.339 e. The van der Waals surface area contributed by atoms with Gasteiger partial charge in [0, 0.05) is 44.9 Å². The van der Waals surface area contributed by atoms with E-state index in [1.807, 2.05) is 31.2 Å². The molecule has 0 radical (unpaired) electrons. The van der Waals surface area contributed by atoms with Gasteiger partial charge in [0.05, 0.1) is 33.7 Å². The Labute approximate surface area is 336 Å². The lowest BCUT2D eigenvalue weighted by atomic mass is 9.51. The number of benzene rings is 3. The number of thiophene rings is 1. The van der Waals surface area contributed by atoms with E-state index in [0.717, 1.165) is 37.6 Å². The average Bonchev–Trinajstić information content (AvgIpc) is 3.82. The molecule has 6 atom stereocenters. The third kappa shape index (κ3) is 5.01.